The van der Waals surface area contributed by atoms with Crippen LogP contribution in [0.5, 0.6) is 0 Å². The summed E-state index contributed by atoms with van der Waals surface area (Å²) >= 11 is 0. The lowest BCUT2D eigenvalue weighted by Gasteiger charge is -2.28. The van der Waals surface area contributed by atoms with Crippen LogP contribution in [0.3, 0.4) is 0 Å². The summed E-state index contributed by atoms with van der Waals surface area (Å²) in [6.07, 6.45) is 0.692. The number of benzene rings is 2. The van der Waals surface area contributed by atoms with Gasteiger partial charge in [0.1, 0.15) is 6.17 Å². The van der Waals surface area contributed by atoms with Gasteiger partial charge in [-0.15, -0.1) is 0 Å². The highest BCUT2D eigenvalue weighted by Gasteiger charge is 2.36. The first-order valence-electron chi connectivity index (χ1n) is 9.98. The maximum absolute atomic E-state index is 12.8. The number of carbonyl (C=O) groups is 2. The Morgan fingerprint density at radius 1 is 1.07 bits per heavy atom. The van der Waals surface area contributed by atoms with Crippen LogP contribution in [0.1, 0.15) is 66.6 Å². The molecule has 1 heterocycles. The maximum atomic E-state index is 12.8. The monoisotopic (exact) mass is 379 g/mol. The lowest BCUT2D eigenvalue weighted by molar-refractivity contribution is 0.0720. The number of carbonyl (C=O) groups excluding carboxylic acids is 2. The molecule has 2 amide bonds. The van der Waals surface area contributed by atoms with Crippen molar-refractivity contribution < 1.29 is 9.59 Å². The second kappa shape index (κ2) is 8.46. The Morgan fingerprint density at radius 3 is 2.39 bits per heavy atom. The van der Waals surface area contributed by atoms with Crippen molar-refractivity contribution in [2.75, 3.05) is 11.9 Å². The van der Waals surface area contributed by atoms with E-state index in [9.17, 15) is 9.59 Å². The molecule has 0 bridgehead atoms. The van der Waals surface area contributed by atoms with Crippen molar-refractivity contribution in [1.82, 2.24) is 10.2 Å². The molecule has 28 heavy (non-hydrogen) atoms. The standard InChI is InChI=1S/C23H29N3O2/c1-5-16(4)24-22(27)17-10-12-18(13-11-17)25-21-19-8-6-7-9-20(19)23(28)26(21)14-15(2)3/h6-13,15-16,21,25H,5,14H2,1-4H3,(H,24,27)/t16-,21+/m1/s1. The zero-order chi connectivity index (χ0) is 20.3. The molecule has 1 aliphatic heterocycles. The van der Waals surface area contributed by atoms with Crippen molar-refractivity contribution >= 4 is 17.5 Å². The molecule has 0 aliphatic carbocycles. The number of nitrogens with one attached hydrogen (secondary N) is 2. The van der Waals surface area contributed by atoms with Crippen molar-refractivity contribution in [2.24, 2.45) is 5.92 Å². The molecule has 0 saturated carbocycles. The zero-order valence-electron chi connectivity index (χ0n) is 17.0. The van der Waals surface area contributed by atoms with Crippen molar-refractivity contribution in [3.63, 3.8) is 0 Å². The average Bonchev–Trinajstić information content (AvgIpc) is 2.94. The van der Waals surface area contributed by atoms with Gasteiger partial charge >= 0.3 is 0 Å². The molecule has 2 atom stereocenters. The number of rotatable bonds is 7. The summed E-state index contributed by atoms with van der Waals surface area (Å²) in [6.45, 7) is 8.93. The summed E-state index contributed by atoms with van der Waals surface area (Å²) in [4.78, 5) is 27.0. The van der Waals surface area contributed by atoms with Crippen molar-refractivity contribution in [3.05, 3.63) is 65.2 Å². The molecule has 1 aliphatic rings. The topological polar surface area (TPSA) is 61.4 Å². The molecule has 148 valence electrons. The third-order valence-electron chi connectivity index (χ3n) is 5.06. The molecule has 5 nitrogen and oxygen atoms in total. The van der Waals surface area contributed by atoms with Crippen LogP contribution in [0.2, 0.25) is 0 Å². The second-order valence-corrected chi connectivity index (χ2v) is 7.85. The van der Waals surface area contributed by atoms with Gasteiger partial charge in [0.15, 0.2) is 0 Å². The van der Waals surface area contributed by atoms with Crippen LogP contribution in [-0.4, -0.2) is 29.3 Å². The van der Waals surface area contributed by atoms with Gasteiger partial charge in [0.25, 0.3) is 11.8 Å². The normalized spacial score (nSPS) is 16.8. The van der Waals surface area contributed by atoms with Gasteiger partial charge < -0.3 is 15.5 Å². The van der Waals surface area contributed by atoms with E-state index in [-0.39, 0.29) is 24.0 Å². The molecule has 2 N–H and O–H groups in total. The number of amides is 2. The molecule has 0 radical (unpaired) electrons. The van der Waals surface area contributed by atoms with Crippen molar-refractivity contribution in [2.45, 2.75) is 46.3 Å². The molecular formula is C23H29N3O2. The van der Waals surface area contributed by atoms with Crippen LogP contribution >= 0.6 is 0 Å². The van der Waals surface area contributed by atoms with Crippen molar-refractivity contribution in [3.8, 4) is 0 Å². The van der Waals surface area contributed by atoms with Crippen LogP contribution in [0, 0.1) is 5.92 Å². The lowest BCUT2D eigenvalue weighted by Crippen LogP contribution is -2.35. The third kappa shape index (κ3) is 4.19. The molecule has 0 saturated heterocycles. The summed E-state index contributed by atoms with van der Waals surface area (Å²) in [7, 11) is 0. The summed E-state index contributed by atoms with van der Waals surface area (Å²) in [5, 5.41) is 6.45. The first kappa shape index (κ1) is 19.9. The maximum Gasteiger partial charge on any atom is 0.256 e. The second-order valence-electron chi connectivity index (χ2n) is 7.85. The molecule has 0 unspecified atom stereocenters. The fourth-order valence-corrected chi connectivity index (χ4v) is 3.39. The van der Waals surface area contributed by atoms with E-state index >= 15 is 0 Å². The number of fused-ring (bicyclic) bond motifs is 1. The van der Waals surface area contributed by atoms with E-state index in [1.54, 1.807) is 0 Å². The summed E-state index contributed by atoms with van der Waals surface area (Å²) in [6, 6.07) is 15.3. The number of hydrogen-bond donors (Lipinski definition) is 2. The largest absolute Gasteiger partial charge is 0.361 e. The Hall–Kier alpha value is -2.82. The molecule has 5 heteroatoms. The van der Waals surface area contributed by atoms with E-state index in [4.69, 9.17) is 0 Å². The fourth-order valence-electron chi connectivity index (χ4n) is 3.39. The van der Waals surface area contributed by atoms with Gasteiger partial charge in [-0.1, -0.05) is 39.0 Å². The van der Waals surface area contributed by atoms with Crippen LogP contribution < -0.4 is 10.6 Å². The number of nitrogens with zero attached hydrogens (tertiary/aromatic N) is 1. The fraction of sp³-hybridized carbons (Fsp3) is 0.391. The van der Waals surface area contributed by atoms with Gasteiger partial charge in [-0.05, 0) is 49.6 Å². The third-order valence-corrected chi connectivity index (χ3v) is 5.06. The molecule has 2 aromatic carbocycles. The minimum absolute atomic E-state index is 0.0614. The van der Waals surface area contributed by atoms with Crippen LogP contribution in [-0.2, 0) is 0 Å². The van der Waals surface area contributed by atoms with E-state index in [0.29, 0.717) is 18.0 Å². The van der Waals surface area contributed by atoms with E-state index in [1.165, 1.54) is 0 Å². The predicted octanol–water partition coefficient (Wildman–Crippen LogP) is 4.44. The van der Waals surface area contributed by atoms with Crippen LogP contribution in [0.25, 0.3) is 0 Å². The number of anilines is 1. The highest BCUT2D eigenvalue weighted by Crippen LogP contribution is 2.34. The molecule has 0 aromatic heterocycles. The van der Waals surface area contributed by atoms with Crippen LogP contribution in [0.15, 0.2) is 48.5 Å². The Kier molecular flexibility index (Phi) is 6.02. The van der Waals surface area contributed by atoms with E-state index in [1.807, 2.05) is 67.3 Å². The molecule has 2 aromatic rings. The zero-order valence-corrected chi connectivity index (χ0v) is 17.0. The molecule has 3 rings (SSSR count). The molecule has 0 spiro atoms. The average molecular weight is 380 g/mol. The summed E-state index contributed by atoms with van der Waals surface area (Å²) < 4.78 is 0. The Balaban J connectivity index is 1.79. The summed E-state index contributed by atoms with van der Waals surface area (Å²) in [5.74, 6) is 0.365. The number of hydrogen-bond acceptors (Lipinski definition) is 3. The van der Waals surface area contributed by atoms with Gasteiger partial charge in [-0.2, -0.15) is 0 Å². The van der Waals surface area contributed by atoms with Crippen molar-refractivity contribution in [1.29, 1.82) is 0 Å². The summed E-state index contributed by atoms with van der Waals surface area (Å²) in [5.41, 5.74) is 3.26. The smallest absolute Gasteiger partial charge is 0.256 e. The minimum Gasteiger partial charge on any atom is -0.361 e. The first-order valence-corrected chi connectivity index (χ1v) is 9.98. The highest BCUT2D eigenvalue weighted by atomic mass is 16.2. The van der Waals surface area contributed by atoms with Gasteiger partial charge in [0.05, 0.1) is 0 Å². The van der Waals surface area contributed by atoms with E-state index in [0.717, 1.165) is 23.2 Å². The van der Waals surface area contributed by atoms with Gasteiger partial charge in [-0.25, -0.2) is 0 Å². The molecule has 0 fully saturated rings. The SMILES string of the molecule is CC[C@@H](C)NC(=O)c1ccc(N[C@@H]2c3ccccc3C(=O)N2CC(C)C)cc1. The minimum atomic E-state index is -0.203. The Labute approximate surface area is 167 Å². The Morgan fingerprint density at radius 2 is 1.75 bits per heavy atom. The van der Waals surface area contributed by atoms with E-state index in [2.05, 4.69) is 24.5 Å². The van der Waals surface area contributed by atoms with E-state index < -0.39 is 0 Å². The quantitative estimate of drug-likeness (QED) is 0.748. The lowest BCUT2D eigenvalue weighted by atomic mass is 10.1. The highest BCUT2D eigenvalue weighted by molar-refractivity contribution is 5.99. The van der Waals surface area contributed by atoms with Gasteiger partial charge in [-0.3, -0.25) is 9.59 Å². The van der Waals surface area contributed by atoms with Gasteiger partial charge in [0.2, 0.25) is 0 Å². The Bertz CT molecular complexity index is 845. The molecular weight excluding hydrogens is 350 g/mol. The predicted molar refractivity (Wildman–Crippen MR) is 112 cm³/mol. The first-order chi connectivity index (χ1) is 13.4. The van der Waals surface area contributed by atoms with Gasteiger partial charge in [0, 0.05) is 35.0 Å². The van der Waals surface area contributed by atoms with Crippen LogP contribution in [0.4, 0.5) is 5.69 Å².